The van der Waals surface area contributed by atoms with E-state index in [9.17, 15) is 13.6 Å². The normalized spacial score (nSPS) is 11.4. The molecule has 0 aromatic heterocycles. The number of unbranched alkanes of at least 4 members (excludes halogenated alkanes) is 1. The third-order valence-electron chi connectivity index (χ3n) is 2.88. The number of carbonyl (C=O) groups is 1. The minimum Gasteiger partial charge on any atom is -0.493 e. The van der Waals surface area contributed by atoms with Crippen LogP contribution in [0.5, 0.6) is 5.75 Å². The summed E-state index contributed by atoms with van der Waals surface area (Å²) >= 11 is 0. The van der Waals surface area contributed by atoms with Crippen molar-refractivity contribution in [3.8, 4) is 5.75 Å². The van der Waals surface area contributed by atoms with Crippen molar-refractivity contribution in [2.45, 2.75) is 33.1 Å². The van der Waals surface area contributed by atoms with Crippen LogP contribution in [0, 0.1) is 17.0 Å². The van der Waals surface area contributed by atoms with Gasteiger partial charge in [0.15, 0.2) is 0 Å². The fraction of sp³-hybridized carbons (Fsp3) is 0.500. The van der Waals surface area contributed by atoms with E-state index >= 15 is 0 Å². The Morgan fingerprint density at radius 2 is 1.79 bits per heavy atom. The van der Waals surface area contributed by atoms with E-state index < -0.39 is 23.0 Å². The van der Waals surface area contributed by atoms with Crippen LogP contribution in [0.1, 0.15) is 33.1 Å². The van der Waals surface area contributed by atoms with Crippen LogP contribution in [0.15, 0.2) is 18.2 Å². The Hall–Kier alpha value is -1.65. The van der Waals surface area contributed by atoms with Gasteiger partial charge in [-0.25, -0.2) is 8.78 Å². The van der Waals surface area contributed by atoms with Gasteiger partial charge < -0.3 is 9.84 Å². The molecule has 0 aliphatic carbocycles. The molecule has 0 radical (unpaired) electrons. The Labute approximate surface area is 111 Å². The quantitative estimate of drug-likeness (QED) is 0.771. The number of rotatable bonds is 7. The van der Waals surface area contributed by atoms with E-state index in [4.69, 9.17) is 9.84 Å². The smallest absolute Gasteiger partial charge is 0.309 e. The molecule has 3 nitrogen and oxygen atoms in total. The van der Waals surface area contributed by atoms with E-state index in [0.717, 1.165) is 18.2 Å². The SMILES string of the molecule is CC(C)(CCCCOc1cc(F)cc(F)c1)C(=O)O. The van der Waals surface area contributed by atoms with Gasteiger partial charge in [-0.1, -0.05) is 0 Å². The summed E-state index contributed by atoms with van der Waals surface area (Å²) in [6.07, 6.45) is 1.84. The lowest BCUT2D eigenvalue weighted by atomic mass is 9.87. The number of carboxylic acids is 1. The van der Waals surface area contributed by atoms with Crippen LogP contribution in [0.3, 0.4) is 0 Å². The van der Waals surface area contributed by atoms with Gasteiger partial charge in [-0.2, -0.15) is 0 Å². The van der Waals surface area contributed by atoms with E-state index in [-0.39, 0.29) is 5.75 Å². The Kier molecular flexibility index (Phi) is 5.27. The van der Waals surface area contributed by atoms with E-state index in [1.54, 1.807) is 13.8 Å². The number of aliphatic carboxylic acids is 1. The van der Waals surface area contributed by atoms with Crippen LogP contribution >= 0.6 is 0 Å². The second-order valence-electron chi connectivity index (χ2n) is 5.10. The predicted molar refractivity (Wildman–Crippen MR) is 67.1 cm³/mol. The summed E-state index contributed by atoms with van der Waals surface area (Å²) in [5.74, 6) is -2.04. The van der Waals surface area contributed by atoms with E-state index in [0.29, 0.717) is 25.9 Å². The molecule has 1 N–H and O–H groups in total. The summed E-state index contributed by atoms with van der Waals surface area (Å²) in [7, 11) is 0. The maximum absolute atomic E-state index is 12.9. The molecule has 1 aromatic carbocycles. The fourth-order valence-corrected chi connectivity index (χ4v) is 1.58. The highest BCUT2D eigenvalue weighted by Crippen LogP contribution is 2.23. The molecule has 0 aliphatic rings. The summed E-state index contributed by atoms with van der Waals surface area (Å²) < 4.78 is 30.9. The first-order valence-corrected chi connectivity index (χ1v) is 6.13. The van der Waals surface area contributed by atoms with Crippen molar-refractivity contribution in [3.05, 3.63) is 29.8 Å². The molecule has 0 spiro atoms. The molecular formula is C14H18F2O3. The average molecular weight is 272 g/mol. The first-order valence-electron chi connectivity index (χ1n) is 6.13. The van der Waals surface area contributed by atoms with Gasteiger partial charge in [0, 0.05) is 18.2 Å². The molecule has 0 saturated carbocycles. The number of hydrogen-bond donors (Lipinski definition) is 1. The van der Waals surface area contributed by atoms with Gasteiger partial charge in [-0.05, 0) is 33.1 Å². The topological polar surface area (TPSA) is 46.5 Å². The van der Waals surface area contributed by atoms with Crippen molar-refractivity contribution in [1.82, 2.24) is 0 Å². The number of halogens is 2. The summed E-state index contributed by atoms with van der Waals surface area (Å²) in [5.41, 5.74) is -0.759. The fourth-order valence-electron chi connectivity index (χ4n) is 1.58. The van der Waals surface area contributed by atoms with Crippen molar-refractivity contribution >= 4 is 5.97 Å². The molecule has 0 amide bonds. The minimum absolute atomic E-state index is 0.148. The van der Waals surface area contributed by atoms with Crippen molar-refractivity contribution in [3.63, 3.8) is 0 Å². The standard InChI is InChI=1S/C14H18F2O3/c1-14(2,13(17)18)5-3-4-6-19-12-8-10(15)7-11(16)9-12/h7-9H,3-6H2,1-2H3,(H,17,18). The zero-order valence-electron chi connectivity index (χ0n) is 11.1. The summed E-state index contributed by atoms with van der Waals surface area (Å²) in [6.45, 7) is 3.63. The van der Waals surface area contributed by atoms with Crippen LogP contribution in [0.25, 0.3) is 0 Å². The van der Waals surface area contributed by atoms with Gasteiger partial charge in [0.1, 0.15) is 17.4 Å². The summed E-state index contributed by atoms with van der Waals surface area (Å²) in [5, 5.41) is 8.92. The second kappa shape index (κ2) is 6.50. The zero-order chi connectivity index (χ0) is 14.5. The highest BCUT2D eigenvalue weighted by Gasteiger charge is 2.25. The molecule has 19 heavy (non-hydrogen) atoms. The monoisotopic (exact) mass is 272 g/mol. The highest BCUT2D eigenvalue weighted by atomic mass is 19.1. The maximum atomic E-state index is 12.9. The highest BCUT2D eigenvalue weighted by molar-refractivity contribution is 5.73. The predicted octanol–water partition coefficient (Wildman–Crippen LogP) is 3.62. The Morgan fingerprint density at radius 1 is 1.21 bits per heavy atom. The number of carboxylic acid groups (broad SMARTS) is 1. The maximum Gasteiger partial charge on any atom is 0.309 e. The molecule has 1 aromatic rings. The second-order valence-corrected chi connectivity index (χ2v) is 5.10. The molecule has 0 heterocycles. The molecule has 0 fully saturated rings. The van der Waals surface area contributed by atoms with Gasteiger partial charge in [0.2, 0.25) is 0 Å². The molecule has 106 valence electrons. The number of benzene rings is 1. The van der Waals surface area contributed by atoms with Gasteiger partial charge in [0.25, 0.3) is 0 Å². The van der Waals surface area contributed by atoms with Gasteiger partial charge in [-0.15, -0.1) is 0 Å². The molecule has 1 rings (SSSR count). The Balaban J connectivity index is 2.30. The summed E-state index contributed by atoms with van der Waals surface area (Å²) in [4.78, 5) is 10.9. The Morgan fingerprint density at radius 3 is 2.32 bits per heavy atom. The van der Waals surface area contributed by atoms with Crippen molar-refractivity contribution in [2.75, 3.05) is 6.61 Å². The van der Waals surface area contributed by atoms with Crippen molar-refractivity contribution in [1.29, 1.82) is 0 Å². The summed E-state index contributed by atoms with van der Waals surface area (Å²) in [6, 6.07) is 3.01. The van der Waals surface area contributed by atoms with Crippen molar-refractivity contribution in [2.24, 2.45) is 5.41 Å². The zero-order valence-corrected chi connectivity index (χ0v) is 11.1. The largest absolute Gasteiger partial charge is 0.493 e. The van der Waals surface area contributed by atoms with E-state index in [1.165, 1.54) is 0 Å². The number of hydrogen-bond acceptors (Lipinski definition) is 2. The van der Waals surface area contributed by atoms with Crippen LogP contribution in [0.4, 0.5) is 8.78 Å². The molecule has 0 atom stereocenters. The molecule has 0 unspecified atom stereocenters. The minimum atomic E-state index is -0.833. The lowest BCUT2D eigenvalue weighted by Gasteiger charge is -2.18. The molecule has 0 saturated heterocycles. The Bertz CT molecular complexity index is 424. The lowest BCUT2D eigenvalue weighted by Crippen LogP contribution is -2.23. The average Bonchev–Trinajstić information content (AvgIpc) is 2.26. The molecule has 5 heteroatoms. The molecule has 0 bridgehead atoms. The van der Waals surface area contributed by atoms with E-state index in [2.05, 4.69) is 0 Å². The molecule has 0 aliphatic heterocycles. The first kappa shape index (κ1) is 15.4. The van der Waals surface area contributed by atoms with Crippen LogP contribution in [-0.2, 0) is 4.79 Å². The van der Waals surface area contributed by atoms with Gasteiger partial charge >= 0.3 is 5.97 Å². The van der Waals surface area contributed by atoms with Gasteiger partial charge in [-0.3, -0.25) is 4.79 Å². The van der Waals surface area contributed by atoms with Gasteiger partial charge in [0.05, 0.1) is 12.0 Å². The molecular weight excluding hydrogens is 254 g/mol. The van der Waals surface area contributed by atoms with Crippen LogP contribution in [0.2, 0.25) is 0 Å². The lowest BCUT2D eigenvalue weighted by molar-refractivity contribution is -0.147. The van der Waals surface area contributed by atoms with Crippen LogP contribution < -0.4 is 4.74 Å². The van der Waals surface area contributed by atoms with Crippen molar-refractivity contribution < 1.29 is 23.4 Å². The van der Waals surface area contributed by atoms with Crippen LogP contribution in [-0.4, -0.2) is 17.7 Å². The number of ether oxygens (including phenoxy) is 1. The third kappa shape index (κ3) is 5.24. The van der Waals surface area contributed by atoms with E-state index in [1.807, 2.05) is 0 Å². The third-order valence-corrected chi connectivity index (χ3v) is 2.88. The first-order chi connectivity index (χ1) is 8.81.